The van der Waals surface area contributed by atoms with Crippen LogP contribution in [-0.4, -0.2) is 27.6 Å². The summed E-state index contributed by atoms with van der Waals surface area (Å²) in [6.45, 7) is 7.90. The van der Waals surface area contributed by atoms with Crippen LogP contribution in [0.1, 0.15) is 46.5 Å². The number of rotatable bonds is 9. The molecule has 1 aromatic heterocycles. The minimum Gasteiger partial charge on any atom is -0.313 e. The van der Waals surface area contributed by atoms with Crippen molar-refractivity contribution in [2.24, 2.45) is 7.05 Å². The van der Waals surface area contributed by atoms with Gasteiger partial charge in [0, 0.05) is 29.4 Å². The molecule has 0 aliphatic carbocycles. The van der Waals surface area contributed by atoms with Crippen molar-refractivity contribution in [1.82, 2.24) is 15.1 Å². The van der Waals surface area contributed by atoms with Crippen molar-refractivity contribution in [1.29, 1.82) is 0 Å². The Morgan fingerprint density at radius 1 is 1.33 bits per heavy atom. The summed E-state index contributed by atoms with van der Waals surface area (Å²) in [5.41, 5.74) is 0. The van der Waals surface area contributed by atoms with Crippen molar-refractivity contribution in [2.75, 3.05) is 6.54 Å². The van der Waals surface area contributed by atoms with Crippen molar-refractivity contribution in [3.05, 3.63) is 12.4 Å². The molecule has 3 nitrogen and oxygen atoms in total. The Labute approximate surface area is 116 Å². The van der Waals surface area contributed by atoms with Crippen LogP contribution in [0.5, 0.6) is 0 Å². The normalized spacial score (nSPS) is 14.7. The molecule has 18 heavy (non-hydrogen) atoms. The van der Waals surface area contributed by atoms with Gasteiger partial charge in [-0.2, -0.15) is 5.10 Å². The van der Waals surface area contributed by atoms with E-state index in [0.717, 1.165) is 6.54 Å². The second kappa shape index (κ2) is 8.59. The van der Waals surface area contributed by atoms with Crippen LogP contribution in [-0.2, 0) is 7.05 Å². The lowest BCUT2D eigenvalue weighted by Gasteiger charge is -2.26. The van der Waals surface area contributed by atoms with E-state index in [9.17, 15) is 0 Å². The quantitative estimate of drug-likeness (QED) is 0.696. The van der Waals surface area contributed by atoms with Gasteiger partial charge in [0.2, 0.25) is 0 Å². The summed E-state index contributed by atoms with van der Waals surface area (Å²) in [5, 5.41) is 8.59. The molecule has 1 heterocycles. The van der Waals surface area contributed by atoms with E-state index in [1.54, 1.807) is 0 Å². The van der Waals surface area contributed by atoms with Crippen molar-refractivity contribution in [2.45, 2.75) is 62.6 Å². The predicted octanol–water partition coefficient (Wildman–Crippen LogP) is 3.46. The van der Waals surface area contributed by atoms with Gasteiger partial charge in [0.1, 0.15) is 0 Å². The largest absolute Gasteiger partial charge is 0.313 e. The van der Waals surface area contributed by atoms with Crippen molar-refractivity contribution in [3.8, 4) is 0 Å². The molecule has 0 aliphatic rings. The SMILES string of the molecule is CCCNC(CCC)C(CC)Sc1cnn(C)c1. The number of thioether (sulfide) groups is 1. The molecule has 104 valence electrons. The average molecular weight is 269 g/mol. The monoisotopic (exact) mass is 269 g/mol. The standard InChI is InChI=1S/C14H27N3S/c1-5-8-13(15-9-6-2)14(7-3)18-12-10-16-17(4)11-12/h10-11,13-15H,5-9H2,1-4H3. The van der Waals surface area contributed by atoms with Gasteiger partial charge in [-0.3, -0.25) is 4.68 Å². The van der Waals surface area contributed by atoms with Crippen molar-refractivity contribution < 1.29 is 0 Å². The smallest absolute Gasteiger partial charge is 0.0625 e. The first kappa shape index (κ1) is 15.6. The second-order valence-electron chi connectivity index (χ2n) is 4.76. The summed E-state index contributed by atoms with van der Waals surface area (Å²) in [6.07, 6.45) is 8.97. The molecule has 2 atom stereocenters. The van der Waals surface area contributed by atoms with E-state index in [1.807, 2.05) is 29.7 Å². The average Bonchev–Trinajstić information content (AvgIpc) is 2.77. The van der Waals surface area contributed by atoms with Crippen LogP contribution in [0, 0.1) is 0 Å². The Balaban J connectivity index is 2.59. The van der Waals surface area contributed by atoms with Crippen molar-refractivity contribution in [3.63, 3.8) is 0 Å². The molecular weight excluding hydrogens is 242 g/mol. The highest BCUT2D eigenvalue weighted by Crippen LogP contribution is 2.28. The summed E-state index contributed by atoms with van der Waals surface area (Å²) in [4.78, 5) is 1.28. The van der Waals surface area contributed by atoms with E-state index >= 15 is 0 Å². The van der Waals surface area contributed by atoms with Crippen LogP contribution < -0.4 is 5.32 Å². The number of hydrogen-bond donors (Lipinski definition) is 1. The molecule has 0 bridgehead atoms. The molecular formula is C14H27N3S. The molecule has 0 radical (unpaired) electrons. The molecule has 2 unspecified atom stereocenters. The molecule has 0 amide bonds. The minimum absolute atomic E-state index is 0.616. The highest BCUT2D eigenvalue weighted by molar-refractivity contribution is 8.00. The number of hydrogen-bond acceptors (Lipinski definition) is 3. The van der Waals surface area contributed by atoms with Gasteiger partial charge < -0.3 is 5.32 Å². The van der Waals surface area contributed by atoms with Crippen LogP contribution >= 0.6 is 11.8 Å². The highest BCUT2D eigenvalue weighted by atomic mass is 32.2. The van der Waals surface area contributed by atoms with Gasteiger partial charge in [0.15, 0.2) is 0 Å². The zero-order valence-corrected chi connectivity index (χ0v) is 13.0. The van der Waals surface area contributed by atoms with Crippen LogP contribution in [0.25, 0.3) is 0 Å². The van der Waals surface area contributed by atoms with E-state index in [-0.39, 0.29) is 0 Å². The third kappa shape index (κ3) is 5.02. The third-order valence-electron chi connectivity index (χ3n) is 3.08. The van der Waals surface area contributed by atoms with E-state index < -0.39 is 0 Å². The first-order chi connectivity index (χ1) is 8.71. The number of aromatic nitrogens is 2. The van der Waals surface area contributed by atoms with Gasteiger partial charge >= 0.3 is 0 Å². The van der Waals surface area contributed by atoms with E-state index in [1.165, 1.54) is 30.6 Å². The van der Waals surface area contributed by atoms with Gasteiger partial charge in [-0.15, -0.1) is 11.8 Å². The third-order valence-corrected chi connectivity index (χ3v) is 4.52. The van der Waals surface area contributed by atoms with Gasteiger partial charge in [-0.05, 0) is 25.8 Å². The zero-order chi connectivity index (χ0) is 13.4. The lowest BCUT2D eigenvalue weighted by Crippen LogP contribution is -2.38. The van der Waals surface area contributed by atoms with Gasteiger partial charge in [0.05, 0.1) is 6.20 Å². The number of aryl methyl sites for hydroxylation is 1. The summed E-state index contributed by atoms with van der Waals surface area (Å²) >= 11 is 1.96. The molecule has 0 aliphatic heterocycles. The Hall–Kier alpha value is -0.480. The molecule has 1 N–H and O–H groups in total. The first-order valence-corrected chi connectivity index (χ1v) is 7.97. The maximum absolute atomic E-state index is 4.25. The molecule has 0 aromatic carbocycles. The van der Waals surface area contributed by atoms with Crippen LogP contribution in [0.15, 0.2) is 17.3 Å². The Bertz CT molecular complexity index is 325. The summed E-state index contributed by atoms with van der Waals surface area (Å²) < 4.78 is 1.88. The van der Waals surface area contributed by atoms with Gasteiger partial charge in [-0.25, -0.2) is 0 Å². The lowest BCUT2D eigenvalue weighted by atomic mass is 10.1. The lowest BCUT2D eigenvalue weighted by molar-refractivity contribution is 0.454. The highest BCUT2D eigenvalue weighted by Gasteiger charge is 2.20. The fourth-order valence-electron chi connectivity index (χ4n) is 2.14. The van der Waals surface area contributed by atoms with Crippen molar-refractivity contribution >= 4 is 11.8 Å². The summed E-state index contributed by atoms with van der Waals surface area (Å²) in [6, 6.07) is 0.616. The first-order valence-electron chi connectivity index (χ1n) is 7.09. The molecule has 4 heteroatoms. The predicted molar refractivity (Wildman–Crippen MR) is 80.1 cm³/mol. The maximum Gasteiger partial charge on any atom is 0.0625 e. The second-order valence-corrected chi connectivity index (χ2v) is 6.08. The fraction of sp³-hybridized carbons (Fsp3) is 0.786. The van der Waals surface area contributed by atoms with E-state index in [4.69, 9.17) is 0 Å². The summed E-state index contributed by atoms with van der Waals surface area (Å²) in [5.74, 6) is 0. The molecule has 0 spiro atoms. The Morgan fingerprint density at radius 3 is 2.61 bits per heavy atom. The minimum atomic E-state index is 0.616. The molecule has 0 saturated carbocycles. The van der Waals surface area contributed by atoms with Crippen LogP contribution in [0.2, 0.25) is 0 Å². The molecule has 1 rings (SSSR count). The Morgan fingerprint density at radius 2 is 2.11 bits per heavy atom. The summed E-state index contributed by atoms with van der Waals surface area (Å²) in [7, 11) is 1.98. The van der Waals surface area contributed by atoms with E-state index in [0.29, 0.717) is 11.3 Å². The maximum atomic E-state index is 4.25. The number of nitrogens with zero attached hydrogens (tertiary/aromatic N) is 2. The van der Waals surface area contributed by atoms with Gasteiger partial charge in [0.25, 0.3) is 0 Å². The Kier molecular flexibility index (Phi) is 7.44. The van der Waals surface area contributed by atoms with Gasteiger partial charge in [-0.1, -0.05) is 27.2 Å². The fourth-order valence-corrected chi connectivity index (χ4v) is 3.38. The molecule has 1 aromatic rings. The molecule has 0 fully saturated rings. The zero-order valence-electron chi connectivity index (χ0n) is 12.1. The topological polar surface area (TPSA) is 29.9 Å². The van der Waals surface area contributed by atoms with E-state index in [2.05, 4.69) is 37.4 Å². The molecule has 0 saturated heterocycles. The van der Waals surface area contributed by atoms with Crippen LogP contribution in [0.3, 0.4) is 0 Å². The van der Waals surface area contributed by atoms with Crippen LogP contribution in [0.4, 0.5) is 0 Å². The number of nitrogens with one attached hydrogen (secondary N) is 1.